The SMILES string of the molecule is NCc1oc2ccccc2c1Cn1cncn1. The van der Waals surface area contributed by atoms with Gasteiger partial charge in [0.1, 0.15) is 24.0 Å². The number of para-hydroxylation sites is 1. The van der Waals surface area contributed by atoms with Crippen LogP contribution in [0.15, 0.2) is 41.3 Å². The molecule has 0 saturated carbocycles. The van der Waals surface area contributed by atoms with Crippen LogP contribution in [0.4, 0.5) is 0 Å². The Kier molecular flexibility index (Phi) is 2.38. The van der Waals surface area contributed by atoms with E-state index in [0.29, 0.717) is 13.1 Å². The van der Waals surface area contributed by atoms with E-state index in [4.69, 9.17) is 10.2 Å². The molecule has 3 aromatic rings. The van der Waals surface area contributed by atoms with Crippen molar-refractivity contribution in [2.24, 2.45) is 5.73 Å². The van der Waals surface area contributed by atoms with Crippen LogP contribution in [0.25, 0.3) is 11.0 Å². The number of fused-ring (bicyclic) bond motifs is 1. The van der Waals surface area contributed by atoms with Crippen LogP contribution in [0, 0.1) is 0 Å². The highest BCUT2D eigenvalue weighted by Crippen LogP contribution is 2.26. The van der Waals surface area contributed by atoms with Crippen molar-refractivity contribution in [1.29, 1.82) is 0 Å². The number of benzene rings is 1. The molecule has 0 aliphatic heterocycles. The average Bonchev–Trinajstić information content (AvgIpc) is 2.98. The van der Waals surface area contributed by atoms with E-state index in [1.165, 1.54) is 6.33 Å². The minimum Gasteiger partial charge on any atom is -0.459 e. The van der Waals surface area contributed by atoms with Gasteiger partial charge in [-0.25, -0.2) is 9.67 Å². The predicted octanol–water partition coefficient (Wildman–Crippen LogP) is 1.53. The van der Waals surface area contributed by atoms with Gasteiger partial charge >= 0.3 is 0 Å². The molecule has 0 spiro atoms. The Morgan fingerprint density at radius 3 is 2.94 bits per heavy atom. The molecule has 0 atom stereocenters. The van der Waals surface area contributed by atoms with Crippen LogP contribution in [-0.2, 0) is 13.1 Å². The fraction of sp³-hybridized carbons (Fsp3) is 0.167. The van der Waals surface area contributed by atoms with Gasteiger partial charge < -0.3 is 10.2 Å². The smallest absolute Gasteiger partial charge is 0.137 e. The van der Waals surface area contributed by atoms with E-state index < -0.39 is 0 Å². The molecule has 3 rings (SSSR count). The second kappa shape index (κ2) is 4.03. The molecule has 0 aliphatic rings. The minimum atomic E-state index is 0.388. The Bertz CT molecular complexity index is 627. The molecule has 5 heteroatoms. The van der Waals surface area contributed by atoms with Crippen LogP contribution >= 0.6 is 0 Å². The van der Waals surface area contributed by atoms with Crippen LogP contribution in [0.1, 0.15) is 11.3 Å². The first kappa shape index (κ1) is 10.0. The Morgan fingerprint density at radius 2 is 2.18 bits per heavy atom. The second-order valence-corrected chi connectivity index (χ2v) is 3.80. The number of hydrogen-bond acceptors (Lipinski definition) is 4. The van der Waals surface area contributed by atoms with Crippen molar-refractivity contribution in [2.75, 3.05) is 0 Å². The lowest BCUT2D eigenvalue weighted by Gasteiger charge is -2.00. The molecule has 0 aliphatic carbocycles. The molecule has 86 valence electrons. The number of rotatable bonds is 3. The summed E-state index contributed by atoms with van der Waals surface area (Å²) in [6.45, 7) is 1.02. The first-order chi connectivity index (χ1) is 8.38. The molecule has 0 fully saturated rings. The van der Waals surface area contributed by atoms with Crippen LogP contribution in [-0.4, -0.2) is 14.8 Å². The largest absolute Gasteiger partial charge is 0.459 e. The van der Waals surface area contributed by atoms with Crippen molar-refractivity contribution >= 4 is 11.0 Å². The van der Waals surface area contributed by atoms with Gasteiger partial charge in [-0.05, 0) is 6.07 Å². The number of nitrogens with zero attached hydrogens (tertiary/aromatic N) is 3. The summed E-state index contributed by atoms with van der Waals surface area (Å²) in [4.78, 5) is 3.93. The quantitative estimate of drug-likeness (QED) is 0.738. The molecule has 0 radical (unpaired) electrons. The first-order valence-electron chi connectivity index (χ1n) is 5.40. The Hall–Kier alpha value is -2.14. The normalized spacial score (nSPS) is 11.1. The van der Waals surface area contributed by atoms with E-state index >= 15 is 0 Å². The summed E-state index contributed by atoms with van der Waals surface area (Å²) in [5.74, 6) is 0.807. The van der Waals surface area contributed by atoms with Gasteiger partial charge in [-0.15, -0.1) is 0 Å². The fourth-order valence-electron chi connectivity index (χ4n) is 1.96. The highest BCUT2D eigenvalue weighted by molar-refractivity contribution is 5.82. The molecule has 0 amide bonds. The van der Waals surface area contributed by atoms with Crippen LogP contribution in [0.3, 0.4) is 0 Å². The first-order valence-corrected chi connectivity index (χ1v) is 5.40. The molecule has 2 N–H and O–H groups in total. The zero-order valence-corrected chi connectivity index (χ0v) is 9.21. The molecule has 0 unspecified atom stereocenters. The number of nitrogens with two attached hydrogens (primary N) is 1. The van der Waals surface area contributed by atoms with Crippen molar-refractivity contribution in [3.63, 3.8) is 0 Å². The molecule has 1 aromatic carbocycles. The maximum atomic E-state index is 5.71. The van der Waals surface area contributed by atoms with Gasteiger partial charge in [-0.2, -0.15) is 5.10 Å². The van der Waals surface area contributed by atoms with Gasteiger partial charge in [0, 0.05) is 10.9 Å². The molecule has 17 heavy (non-hydrogen) atoms. The number of hydrogen-bond donors (Lipinski definition) is 1. The van der Waals surface area contributed by atoms with E-state index in [9.17, 15) is 0 Å². The fourth-order valence-corrected chi connectivity index (χ4v) is 1.96. The van der Waals surface area contributed by atoms with Crippen molar-refractivity contribution in [3.05, 3.63) is 48.2 Å². The maximum Gasteiger partial charge on any atom is 0.137 e. The molecular weight excluding hydrogens is 216 g/mol. The molecule has 5 nitrogen and oxygen atoms in total. The monoisotopic (exact) mass is 228 g/mol. The van der Waals surface area contributed by atoms with Crippen molar-refractivity contribution < 1.29 is 4.42 Å². The standard InChI is InChI=1S/C12H12N4O/c13-5-12-10(6-16-8-14-7-15-16)9-3-1-2-4-11(9)17-12/h1-4,7-8H,5-6,13H2. The lowest BCUT2D eigenvalue weighted by molar-refractivity contribution is 0.538. The van der Waals surface area contributed by atoms with Gasteiger partial charge in [0.15, 0.2) is 0 Å². The van der Waals surface area contributed by atoms with Crippen molar-refractivity contribution in [2.45, 2.75) is 13.1 Å². The van der Waals surface area contributed by atoms with Crippen molar-refractivity contribution in [1.82, 2.24) is 14.8 Å². The van der Waals surface area contributed by atoms with Crippen LogP contribution in [0.5, 0.6) is 0 Å². The van der Waals surface area contributed by atoms with E-state index in [-0.39, 0.29) is 0 Å². The minimum absolute atomic E-state index is 0.388. The van der Waals surface area contributed by atoms with Gasteiger partial charge in [-0.3, -0.25) is 0 Å². The van der Waals surface area contributed by atoms with Gasteiger partial charge in [0.05, 0.1) is 13.1 Å². The Morgan fingerprint density at radius 1 is 1.29 bits per heavy atom. The van der Waals surface area contributed by atoms with Crippen LogP contribution < -0.4 is 5.73 Å². The number of furan rings is 1. The van der Waals surface area contributed by atoms with Gasteiger partial charge in [-0.1, -0.05) is 18.2 Å². The zero-order valence-electron chi connectivity index (χ0n) is 9.21. The maximum absolute atomic E-state index is 5.71. The highest BCUT2D eigenvalue weighted by Gasteiger charge is 2.12. The van der Waals surface area contributed by atoms with E-state index in [1.807, 2.05) is 24.3 Å². The summed E-state index contributed by atoms with van der Waals surface area (Å²) in [6, 6.07) is 7.91. The lowest BCUT2D eigenvalue weighted by atomic mass is 10.1. The van der Waals surface area contributed by atoms with Crippen LogP contribution in [0.2, 0.25) is 0 Å². The summed E-state index contributed by atoms with van der Waals surface area (Å²) in [6.07, 6.45) is 3.20. The van der Waals surface area contributed by atoms with E-state index in [2.05, 4.69) is 10.1 Å². The zero-order chi connectivity index (χ0) is 11.7. The van der Waals surface area contributed by atoms with Gasteiger partial charge in [0.2, 0.25) is 0 Å². The summed E-state index contributed by atoms with van der Waals surface area (Å²) < 4.78 is 7.47. The van der Waals surface area contributed by atoms with Crippen molar-refractivity contribution in [3.8, 4) is 0 Å². The predicted molar refractivity (Wildman–Crippen MR) is 63.2 cm³/mol. The third-order valence-corrected chi connectivity index (χ3v) is 2.75. The van der Waals surface area contributed by atoms with E-state index in [1.54, 1.807) is 11.0 Å². The highest BCUT2D eigenvalue weighted by atomic mass is 16.3. The molecular formula is C12H12N4O. The average molecular weight is 228 g/mol. The molecule has 2 heterocycles. The summed E-state index contributed by atoms with van der Waals surface area (Å²) in [5, 5.41) is 5.18. The third-order valence-electron chi connectivity index (χ3n) is 2.75. The topological polar surface area (TPSA) is 69.9 Å². The Balaban J connectivity index is 2.12. The number of aromatic nitrogens is 3. The molecule has 2 aromatic heterocycles. The second-order valence-electron chi connectivity index (χ2n) is 3.80. The van der Waals surface area contributed by atoms with Gasteiger partial charge in [0.25, 0.3) is 0 Å². The summed E-state index contributed by atoms with van der Waals surface area (Å²) >= 11 is 0. The Labute approximate surface area is 97.9 Å². The third kappa shape index (κ3) is 1.70. The van der Waals surface area contributed by atoms with E-state index in [0.717, 1.165) is 22.3 Å². The summed E-state index contributed by atoms with van der Waals surface area (Å²) in [7, 11) is 0. The summed E-state index contributed by atoms with van der Waals surface area (Å²) in [5.41, 5.74) is 7.65. The molecule has 0 saturated heterocycles. The lowest BCUT2D eigenvalue weighted by Crippen LogP contribution is -2.04. The molecule has 0 bridgehead atoms.